The maximum absolute atomic E-state index is 12.7. The second kappa shape index (κ2) is 7.44. The molecule has 0 radical (unpaired) electrons. The van der Waals surface area contributed by atoms with Crippen molar-refractivity contribution >= 4 is 17.5 Å². The third-order valence-corrected chi connectivity index (χ3v) is 5.26. The number of allylic oxidation sites excluding steroid dienone is 1. The fraction of sp³-hybridized carbons (Fsp3) is 0.286. The van der Waals surface area contributed by atoms with E-state index in [0.29, 0.717) is 29.0 Å². The Labute approximate surface area is 162 Å². The number of nitro benzene ring substituents is 1. The number of quaternary nitrogens is 1. The number of likely N-dealkylation sites (tertiary alicyclic amines) is 1. The summed E-state index contributed by atoms with van der Waals surface area (Å²) in [6.45, 7) is 2.56. The average Bonchev–Trinajstić information content (AvgIpc) is 3.01. The SMILES string of the molecule is O=C1C(=Cc2cccc([N+](=O)[O-])c2)Oc2c1ccc([O-])c2C[NH+]1CCCCC1. The second-order valence-electron chi connectivity index (χ2n) is 7.20. The average molecular weight is 380 g/mol. The maximum atomic E-state index is 12.7. The summed E-state index contributed by atoms with van der Waals surface area (Å²) in [6, 6.07) is 8.91. The summed E-state index contributed by atoms with van der Waals surface area (Å²) in [5, 5.41) is 23.4. The van der Waals surface area contributed by atoms with Crippen LogP contribution in [0.5, 0.6) is 11.5 Å². The first-order valence-corrected chi connectivity index (χ1v) is 9.38. The number of ether oxygens (including phenoxy) is 1. The zero-order valence-electron chi connectivity index (χ0n) is 15.3. The number of fused-ring (bicyclic) bond motifs is 1. The molecule has 4 rings (SSSR count). The Balaban J connectivity index is 1.65. The van der Waals surface area contributed by atoms with Crippen molar-refractivity contribution in [2.75, 3.05) is 13.1 Å². The number of carbonyl (C=O) groups is 1. The highest BCUT2D eigenvalue weighted by Crippen LogP contribution is 2.38. The van der Waals surface area contributed by atoms with Crippen LogP contribution in [0.15, 0.2) is 42.2 Å². The van der Waals surface area contributed by atoms with Crippen molar-refractivity contribution in [1.82, 2.24) is 0 Å². The minimum absolute atomic E-state index is 0.0615. The second-order valence-corrected chi connectivity index (χ2v) is 7.20. The first kappa shape index (κ1) is 18.2. The van der Waals surface area contributed by atoms with Crippen LogP contribution in [0.25, 0.3) is 6.08 Å². The van der Waals surface area contributed by atoms with Gasteiger partial charge in [0.25, 0.3) is 5.69 Å². The van der Waals surface area contributed by atoms with Gasteiger partial charge in [0, 0.05) is 17.7 Å². The first-order chi connectivity index (χ1) is 13.5. The van der Waals surface area contributed by atoms with E-state index in [1.807, 2.05) is 0 Å². The van der Waals surface area contributed by atoms with Gasteiger partial charge in [0.1, 0.15) is 12.3 Å². The lowest BCUT2D eigenvalue weighted by Gasteiger charge is -2.26. The third-order valence-electron chi connectivity index (χ3n) is 5.26. The summed E-state index contributed by atoms with van der Waals surface area (Å²) in [7, 11) is 0. The van der Waals surface area contributed by atoms with Crippen LogP contribution in [0.1, 0.15) is 40.7 Å². The highest BCUT2D eigenvalue weighted by atomic mass is 16.6. The van der Waals surface area contributed by atoms with Crippen molar-refractivity contribution in [3.05, 3.63) is 69.0 Å². The Morgan fingerprint density at radius 3 is 2.68 bits per heavy atom. The van der Waals surface area contributed by atoms with Crippen LogP contribution >= 0.6 is 0 Å². The van der Waals surface area contributed by atoms with E-state index in [4.69, 9.17) is 4.74 Å². The molecule has 2 aliphatic heterocycles. The summed E-state index contributed by atoms with van der Waals surface area (Å²) < 4.78 is 5.81. The van der Waals surface area contributed by atoms with Crippen LogP contribution in [0.2, 0.25) is 0 Å². The topological polar surface area (TPSA) is 96.9 Å². The van der Waals surface area contributed by atoms with Crippen molar-refractivity contribution in [3.63, 3.8) is 0 Å². The number of nitro groups is 1. The summed E-state index contributed by atoms with van der Waals surface area (Å²) in [6.07, 6.45) is 4.97. The lowest BCUT2D eigenvalue weighted by molar-refractivity contribution is -0.918. The lowest BCUT2D eigenvalue weighted by Crippen LogP contribution is -3.11. The van der Waals surface area contributed by atoms with Gasteiger partial charge in [-0.3, -0.25) is 14.9 Å². The number of nitrogens with one attached hydrogen (secondary N) is 1. The molecule has 2 heterocycles. The minimum Gasteiger partial charge on any atom is -0.872 e. The molecule has 28 heavy (non-hydrogen) atoms. The molecular weight excluding hydrogens is 360 g/mol. The van der Waals surface area contributed by atoms with Crippen LogP contribution in [0.4, 0.5) is 5.69 Å². The van der Waals surface area contributed by atoms with Crippen LogP contribution in [0, 0.1) is 10.1 Å². The normalized spacial score (nSPS) is 18.1. The summed E-state index contributed by atoms with van der Waals surface area (Å²) in [4.78, 5) is 24.5. The molecule has 7 heteroatoms. The van der Waals surface area contributed by atoms with Gasteiger partial charge in [-0.15, -0.1) is 0 Å². The molecule has 144 valence electrons. The molecule has 2 aromatic carbocycles. The van der Waals surface area contributed by atoms with Crippen LogP contribution < -0.4 is 14.7 Å². The van der Waals surface area contributed by atoms with E-state index in [0.717, 1.165) is 25.9 Å². The monoisotopic (exact) mass is 380 g/mol. The number of hydrogen-bond acceptors (Lipinski definition) is 5. The van der Waals surface area contributed by atoms with Crippen molar-refractivity contribution in [2.24, 2.45) is 0 Å². The van der Waals surface area contributed by atoms with Crippen molar-refractivity contribution in [3.8, 4) is 11.5 Å². The van der Waals surface area contributed by atoms with E-state index in [1.165, 1.54) is 41.7 Å². The molecule has 1 N–H and O–H groups in total. The molecule has 0 aliphatic carbocycles. The Bertz CT molecular complexity index is 977. The number of piperidine rings is 1. The van der Waals surface area contributed by atoms with Gasteiger partial charge in [-0.1, -0.05) is 23.9 Å². The van der Waals surface area contributed by atoms with Gasteiger partial charge in [-0.25, -0.2) is 0 Å². The predicted molar refractivity (Wildman–Crippen MR) is 100 cm³/mol. The van der Waals surface area contributed by atoms with Crippen molar-refractivity contribution in [1.29, 1.82) is 0 Å². The quantitative estimate of drug-likeness (QED) is 0.496. The molecule has 0 saturated carbocycles. The number of carbonyl (C=O) groups excluding carboxylic acids is 1. The van der Waals surface area contributed by atoms with Crippen molar-refractivity contribution < 1.29 is 24.5 Å². The van der Waals surface area contributed by atoms with Gasteiger partial charge in [-0.2, -0.15) is 0 Å². The first-order valence-electron chi connectivity index (χ1n) is 9.38. The Morgan fingerprint density at radius 1 is 1.14 bits per heavy atom. The number of benzene rings is 2. The molecule has 1 saturated heterocycles. The molecule has 7 nitrogen and oxygen atoms in total. The van der Waals surface area contributed by atoms with Gasteiger partial charge in [-0.05, 0) is 37.0 Å². The molecule has 0 unspecified atom stereocenters. The molecule has 2 aromatic rings. The maximum Gasteiger partial charge on any atom is 0.270 e. The molecule has 0 atom stereocenters. The Hall–Kier alpha value is -3.19. The molecule has 0 spiro atoms. The van der Waals surface area contributed by atoms with Crippen LogP contribution in [-0.2, 0) is 6.54 Å². The Kier molecular flexibility index (Phi) is 4.83. The smallest absolute Gasteiger partial charge is 0.270 e. The van der Waals surface area contributed by atoms with Gasteiger partial charge >= 0.3 is 0 Å². The fourth-order valence-electron chi connectivity index (χ4n) is 3.81. The predicted octanol–water partition coefficient (Wildman–Crippen LogP) is 1.85. The molecule has 0 bridgehead atoms. The van der Waals surface area contributed by atoms with E-state index in [9.17, 15) is 20.0 Å². The highest BCUT2D eigenvalue weighted by Gasteiger charge is 2.31. The molecular formula is C21H20N2O5. The summed E-state index contributed by atoms with van der Waals surface area (Å²) in [5.41, 5.74) is 1.34. The van der Waals surface area contributed by atoms with Crippen LogP contribution in [-0.4, -0.2) is 23.8 Å². The van der Waals surface area contributed by atoms with Gasteiger partial charge in [0.15, 0.2) is 5.76 Å². The lowest BCUT2D eigenvalue weighted by atomic mass is 10.0. The number of hydrogen-bond donors (Lipinski definition) is 1. The van der Waals surface area contributed by atoms with Gasteiger partial charge < -0.3 is 14.7 Å². The molecule has 2 aliphatic rings. The van der Waals surface area contributed by atoms with Crippen LogP contribution in [0.3, 0.4) is 0 Å². The van der Waals surface area contributed by atoms with E-state index in [-0.39, 0.29) is 23.0 Å². The number of ketones is 1. The van der Waals surface area contributed by atoms with E-state index in [1.54, 1.807) is 12.1 Å². The number of rotatable bonds is 4. The number of Topliss-reactive ketones (excluding diaryl/α,β-unsaturated/α-hetero) is 1. The van der Waals surface area contributed by atoms with Gasteiger partial charge in [0.05, 0.1) is 23.6 Å². The number of non-ortho nitro benzene ring substituents is 1. The van der Waals surface area contributed by atoms with E-state index < -0.39 is 4.92 Å². The zero-order valence-corrected chi connectivity index (χ0v) is 15.3. The minimum atomic E-state index is -0.489. The fourth-order valence-corrected chi connectivity index (χ4v) is 3.81. The van der Waals surface area contributed by atoms with E-state index >= 15 is 0 Å². The largest absolute Gasteiger partial charge is 0.872 e. The Morgan fingerprint density at radius 2 is 1.93 bits per heavy atom. The molecule has 0 amide bonds. The van der Waals surface area contributed by atoms with E-state index in [2.05, 4.69) is 0 Å². The molecule has 1 fully saturated rings. The van der Waals surface area contributed by atoms with Crippen molar-refractivity contribution in [2.45, 2.75) is 25.8 Å². The van der Waals surface area contributed by atoms with Gasteiger partial charge in [0.2, 0.25) is 5.78 Å². The third kappa shape index (κ3) is 3.48. The standard InChI is InChI=1S/C21H20N2O5/c24-18-8-7-16-20(25)19(12-14-5-4-6-15(11-14)23(26)27)28-21(16)17(18)13-22-9-2-1-3-10-22/h4-8,11-12,24H,1-3,9-10,13H2. The zero-order chi connectivity index (χ0) is 19.7. The highest BCUT2D eigenvalue weighted by molar-refractivity contribution is 6.15. The number of nitrogens with zero attached hydrogens (tertiary/aromatic N) is 1. The summed E-state index contributed by atoms with van der Waals surface area (Å²) in [5.74, 6) is -0.0131. The molecule has 0 aromatic heterocycles. The summed E-state index contributed by atoms with van der Waals surface area (Å²) >= 11 is 0.